The second-order valence-electron chi connectivity index (χ2n) is 4.17. The topological polar surface area (TPSA) is 12.0 Å². The molecule has 0 spiro atoms. The van der Waals surface area contributed by atoms with Crippen LogP contribution in [0.3, 0.4) is 0 Å². The van der Waals surface area contributed by atoms with E-state index in [0.29, 0.717) is 10.0 Å². The summed E-state index contributed by atoms with van der Waals surface area (Å²) in [7, 11) is 0. The number of halogens is 3. The third-order valence-corrected chi connectivity index (χ3v) is 4.01. The van der Waals surface area contributed by atoms with Crippen molar-refractivity contribution in [2.75, 3.05) is 6.54 Å². The van der Waals surface area contributed by atoms with Crippen LogP contribution in [0.2, 0.25) is 5.02 Å². The standard InChI is InChI=1S/C12H14BrClFN/c13-10-6-3-8(12(15)11(10)14)2-1-7-16-9-4-5-9/h3,6,9,16H,1-2,4-5,7H2. The third kappa shape index (κ3) is 3.19. The second kappa shape index (κ2) is 5.48. The highest BCUT2D eigenvalue weighted by Gasteiger charge is 2.19. The van der Waals surface area contributed by atoms with Gasteiger partial charge in [0.05, 0.1) is 5.02 Å². The van der Waals surface area contributed by atoms with Gasteiger partial charge in [0.2, 0.25) is 0 Å². The molecule has 0 bridgehead atoms. The molecule has 1 fully saturated rings. The Morgan fingerprint density at radius 2 is 2.19 bits per heavy atom. The van der Waals surface area contributed by atoms with Crippen molar-refractivity contribution in [1.82, 2.24) is 5.32 Å². The highest BCUT2D eigenvalue weighted by Crippen LogP contribution is 2.28. The van der Waals surface area contributed by atoms with E-state index in [4.69, 9.17) is 11.6 Å². The van der Waals surface area contributed by atoms with Gasteiger partial charge in [0.25, 0.3) is 0 Å². The molecular weight excluding hydrogens is 292 g/mol. The molecule has 0 aromatic heterocycles. The van der Waals surface area contributed by atoms with E-state index in [2.05, 4.69) is 21.2 Å². The number of hydrogen-bond donors (Lipinski definition) is 1. The van der Waals surface area contributed by atoms with E-state index < -0.39 is 0 Å². The summed E-state index contributed by atoms with van der Waals surface area (Å²) >= 11 is 9.02. The second-order valence-corrected chi connectivity index (χ2v) is 5.40. The lowest BCUT2D eigenvalue weighted by atomic mass is 10.1. The minimum absolute atomic E-state index is 0.188. The minimum Gasteiger partial charge on any atom is -0.314 e. The average molecular weight is 307 g/mol. The summed E-state index contributed by atoms with van der Waals surface area (Å²) in [6.45, 7) is 0.956. The zero-order chi connectivity index (χ0) is 11.5. The Hall–Kier alpha value is -0.120. The molecule has 2 rings (SSSR count). The number of aryl methyl sites for hydroxylation is 1. The third-order valence-electron chi connectivity index (χ3n) is 2.75. The maximum absolute atomic E-state index is 13.7. The van der Waals surface area contributed by atoms with E-state index in [1.807, 2.05) is 0 Å². The number of nitrogens with one attached hydrogen (secondary N) is 1. The van der Waals surface area contributed by atoms with Gasteiger partial charge >= 0.3 is 0 Å². The first kappa shape index (κ1) is 12.3. The summed E-state index contributed by atoms with van der Waals surface area (Å²) in [4.78, 5) is 0. The van der Waals surface area contributed by atoms with Crippen LogP contribution in [0.1, 0.15) is 24.8 Å². The fourth-order valence-corrected chi connectivity index (χ4v) is 2.12. The summed E-state index contributed by atoms with van der Waals surface area (Å²) in [5.74, 6) is -0.289. The van der Waals surface area contributed by atoms with Crippen LogP contribution in [-0.2, 0) is 6.42 Å². The molecular formula is C12H14BrClFN. The first-order valence-corrected chi connectivity index (χ1v) is 6.71. The Morgan fingerprint density at radius 1 is 1.44 bits per heavy atom. The van der Waals surface area contributed by atoms with Crippen LogP contribution in [0.4, 0.5) is 4.39 Å². The van der Waals surface area contributed by atoms with Gasteiger partial charge in [-0.15, -0.1) is 0 Å². The summed E-state index contributed by atoms with van der Waals surface area (Å²) in [6.07, 6.45) is 4.26. The van der Waals surface area contributed by atoms with Crippen LogP contribution in [0.15, 0.2) is 16.6 Å². The van der Waals surface area contributed by atoms with Crippen LogP contribution in [-0.4, -0.2) is 12.6 Å². The van der Waals surface area contributed by atoms with Crippen LogP contribution < -0.4 is 5.32 Å². The maximum Gasteiger partial charge on any atom is 0.146 e. The first-order valence-electron chi connectivity index (χ1n) is 5.54. The highest BCUT2D eigenvalue weighted by atomic mass is 79.9. The van der Waals surface area contributed by atoms with Gasteiger partial charge in [-0.2, -0.15) is 0 Å². The molecule has 0 atom stereocenters. The Morgan fingerprint density at radius 3 is 2.88 bits per heavy atom. The minimum atomic E-state index is -0.289. The SMILES string of the molecule is Fc1c(CCCNC2CC2)ccc(Br)c1Cl. The van der Waals surface area contributed by atoms with Gasteiger partial charge in [0, 0.05) is 10.5 Å². The monoisotopic (exact) mass is 305 g/mol. The molecule has 0 radical (unpaired) electrons. The van der Waals surface area contributed by atoms with Gasteiger partial charge in [0.1, 0.15) is 5.82 Å². The van der Waals surface area contributed by atoms with Crippen LogP contribution in [0.25, 0.3) is 0 Å². The molecule has 0 heterocycles. The molecule has 1 saturated carbocycles. The predicted molar refractivity (Wildman–Crippen MR) is 68.5 cm³/mol. The summed E-state index contributed by atoms with van der Waals surface area (Å²) < 4.78 is 14.3. The molecule has 16 heavy (non-hydrogen) atoms. The van der Waals surface area contributed by atoms with E-state index >= 15 is 0 Å². The van der Waals surface area contributed by atoms with Crippen LogP contribution >= 0.6 is 27.5 Å². The molecule has 4 heteroatoms. The normalized spacial score (nSPS) is 15.4. The van der Waals surface area contributed by atoms with Crippen molar-refractivity contribution in [1.29, 1.82) is 0 Å². The van der Waals surface area contributed by atoms with Crippen molar-refractivity contribution in [2.45, 2.75) is 31.7 Å². The van der Waals surface area contributed by atoms with E-state index in [1.165, 1.54) is 12.8 Å². The largest absolute Gasteiger partial charge is 0.314 e. The van der Waals surface area contributed by atoms with Crippen molar-refractivity contribution in [3.63, 3.8) is 0 Å². The molecule has 0 unspecified atom stereocenters. The average Bonchev–Trinajstić information content (AvgIpc) is 3.08. The smallest absolute Gasteiger partial charge is 0.146 e. The molecule has 1 aromatic rings. The fourth-order valence-electron chi connectivity index (χ4n) is 1.63. The molecule has 88 valence electrons. The fraction of sp³-hybridized carbons (Fsp3) is 0.500. The van der Waals surface area contributed by atoms with Crippen molar-refractivity contribution in [3.05, 3.63) is 33.0 Å². The Balaban J connectivity index is 1.85. The van der Waals surface area contributed by atoms with Gasteiger partial charge in [-0.25, -0.2) is 4.39 Å². The van der Waals surface area contributed by atoms with E-state index in [-0.39, 0.29) is 10.8 Å². The number of rotatable bonds is 5. The highest BCUT2D eigenvalue weighted by molar-refractivity contribution is 9.10. The molecule has 0 aliphatic heterocycles. The summed E-state index contributed by atoms with van der Waals surface area (Å²) in [5, 5.41) is 3.60. The van der Waals surface area contributed by atoms with Gasteiger partial charge in [0.15, 0.2) is 0 Å². The summed E-state index contributed by atoms with van der Waals surface area (Å²) in [5.41, 5.74) is 0.700. The zero-order valence-corrected chi connectivity index (χ0v) is 11.2. The molecule has 0 saturated heterocycles. The molecule has 1 aromatic carbocycles. The molecule has 1 nitrogen and oxygen atoms in total. The predicted octanol–water partition coefficient (Wildman–Crippen LogP) is 3.93. The van der Waals surface area contributed by atoms with Crippen molar-refractivity contribution in [3.8, 4) is 0 Å². The quantitative estimate of drug-likeness (QED) is 0.642. The van der Waals surface area contributed by atoms with Crippen molar-refractivity contribution >= 4 is 27.5 Å². The molecule has 1 aliphatic carbocycles. The number of benzene rings is 1. The zero-order valence-electron chi connectivity index (χ0n) is 8.90. The Bertz CT molecular complexity index is 380. The number of hydrogen-bond acceptors (Lipinski definition) is 1. The van der Waals surface area contributed by atoms with Gasteiger partial charge < -0.3 is 5.32 Å². The van der Waals surface area contributed by atoms with E-state index in [1.54, 1.807) is 12.1 Å². The van der Waals surface area contributed by atoms with Gasteiger partial charge in [-0.3, -0.25) is 0 Å². The lowest BCUT2D eigenvalue weighted by molar-refractivity contribution is 0.592. The maximum atomic E-state index is 13.7. The summed E-state index contributed by atoms with van der Waals surface area (Å²) in [6, 6.07) is 4.32. The first-order chi connectivity index (χ1) is 7.68. The lowest BCUT2D eigenvalue weighted by Gasteiger charge is -2.06. The molecule has 0 amide bonds. The Kier molecular flexibility index (Phi) is 4.22. The molecule has 1 N–H and O–H groups in total. The van der Waals surface area contributed by atoms with Crippen LogP contribution in [0, 0.1) is 5.82 Å². The Labute approximate surface area is 109 Å². The van der Waals surface area contributed by atoms with Crippen LogP contribution in [0.5, 0.6) is 0 Å². The molecule has 1 aliphatic rings. The van der Waals surface area contributed by atoms with Crippen molar-refractivity contribution < 1.29 is 4.39 Å². The van der Waals surface area contributed by atoms with E-state index in [9.17, 15) is 4.39 Å². The lowest BCUT2D eigenvalue weighted by Crippen LogP contribution is -2.18. The van der Waals surface area contributed by atoms with Gasteiger partial charge in [-0.1, -0.05) is 17.7 Å². The van der Waals surface area contributed by atoms with Crippen molar-refractivity contribution in [2.24, 2.45) is 0 Å². The van der Waals surface area contributed by atoms with Gasteiger partial charge in [-0.05, 0) is 59.8 Å². The van der Waals surface area contributed by atoms with E-state index in [0.717, 1.165) is 25.4 Å².